The number of rotatable bonds is 6. The average Bonchev–Trinajstić information content (AvgIpc) is 3.54. The molecule has 172 valence electrons. The maximum atomic E-state index is 15.5. The first-order valence-electron chi connectivity index (χ1n) is 10.7. The molecule has 0 bridgehead atoms. The second kappa shape index (κ2) is 8.78. The SMILES string of the molecule is CN(C)C(=O)N1CC[C@H](NS(=O)(=O)C2CC2)[C@@H]1Cc1cccc(-c2cccc(F)c2)c1F. The lowest BCUT2D eigenvalue weighted by Crippen LogP contribution is -2.50. The Morgan fingerprint density at radius 2 is 1.84 bits per heavy atom. The van der Waals surface area contributed by atoms with Gasteiger partial charge in [0.15, 0.2) is 0 Å². The van der Waals surface area contributed by atoms with Crippen LogP contribution in [0.15, 0.2) is 42.5 Å². The molecule has 1 N–H and O–H groups in total. The van der Waals surface area contributed by atoms with E-state index in [2.05, 4.69) is 4.72 Å². The minimum Gasteiger partial charge on any atom is -0.331 e. The average molecular weight is 464 g/mol. The van der Waals surface area contributed by atoms with Crippen molar-refractivity contribution in [2.45, 2.75) is 43.0 Å². The lowest BCUT2D eigenvalue weighted by molar-refractivity contribution is 0.162. The zero-order valence-electron chi connectivity index (χ0n) is 18.1. The Balaban J connectivity index is 1.65. The zero-order valence-corrected chi connectivity index (χ0v) is 18.9. The summed E-state index contributed by atoms with van der Waals surface area (Å²) in [7, 11) is -0.206. The predicted molar refractivity (Wildman–Crippen MR) is 119 cm³/mol. The second-order valence-electron chi connectivity index (χ2n) is 8.69. The first-order chi connectivity index (χ1) is 15.2. The number of carbonyl (C=O) groups is 1. The van der Waals surface area contributed by atoms with Gasteiger partial charge in [0.2, 0.25) is 10.0 Å². The van der Waals surface area contributed by atoms with Gasteiger partial charge in [0.25, 0.3) is 0 Å². The molecule has 0 unspecified atom stereocenters. The number of nitrogens with one attached hydrogen (secondary N) is 1. The van der Waals surface area contributed by atoms with Gasteiger partial charge in [0.1, 0.15) is 11.6 Å². The van der Waals surface area contributed by atoms with Crippen LogP contribution in [-0.4, -0.2) is 62.2 Å². The Morgan fingerprint density at radius 1 is 1.12 bits per heavy atom. The first-order valence-corrected chi connectivity index (χ1v) is 12.2. The van der Waals surface area contributed by atoms with Crippen LogP contribution in [0.1, 0.15) is 24.8 Å². The van der Waals surface area contributed by atoms with Gasteiger partial charge in [0.05, 0.1) is 11.3 Å². The molecule has 0 radical (unpaired) electrons. The topological polar surface area (TPSA) is 69.7 Å². The molecule has 1 heterocycles. The Labute approximate surface area is 187 Å². The van der Waals surface area contributed by atoms with Crippen molar-refractivity contribution >= 4 is 16.1 Å². The van der Waals surface area contributed by atoms with Gasteiger partial charge >= 0.3 is 6.03 Å². The van der Waals surface area contributed by atoms with E-state index >= 15 is 4.39 Å². The molecule has 2 fully saturated rings. The molecule has 1 saturated carbocycles. The van der Waals surface area contributed by atoms with Gasteiger partial charge in [-0.2, -0.15) is 0 Å². The van der Waals surface area contributed by atoms with Crippen molar-refractivity contribution in [3.8, 4) is 11.1 Å². The number of carbonyl (C=O) groups excluding carboxylic acids is 1. The second-order valence-corrected chi connectivity index (χ2v) is 10.7. The van der Waals surface area contributed by atoms with Gasteiger partial charge in [-0.15, -0.1) is 0 Å². The summed E-state index contributed by atoms with van der Waals surface area (Å²) in [5.74, 6) is -0.952. The summed E-state index contributed by atoms with van der Waals surface area (Å²) in [6.45, 7) is 0.380. The summed E-state index contributed by atoms with van der Waals surface area (Å²) >= 11 is 0. The van der Waals surface area contributed by atoms with Gasteiger partial charge in [-0.05, 0) is 48.9 Å². The summed E-state index contributed by atoms with van der Waals surface area (Å²) in [6.07, 6.45) is 1.88. The highest BCUT2D eigenvalue weighted by molar-refractivity contribution is 7.90. The van der Waals surface area contributed by atoms with E-state index < -0.39 is 33.7 Å². The van der Waals surface area contributed by atoms with Crippen LogP contribution in [0, 0.1) is 11.6 Å². The minimum atomic E-state index is -3.47. The molecule has 6 nitrogen and oxygen atoms in total. The number of halogens is 2. The summed E-state index contributed by atoms with van der Waals surface area (Å²) in [5.41, 5.74) is 1.04. The van der Waals surface area contributed by atoms with Crippen LogP contribution in [-0.2, 0) is 16.4 Å². The predicted octanol–water partition coefficient (Wildman–Crippen LogP) is 3.38. The highest BCUT2D eigenvalue weighted by Crippen LogP contribution is 2.32. The van der Waals surface area contributed by atoms with Crippen molar-refractivity contribution in [3.63, 3.8) is 0 Å². The van der Waals surface area contributed by atoms with Crippen molar-refractivity contribution in [2.24, 2.45) is 0 Å². The van der Waals surface area contributed by atoms with Crippen LogP contribution in [0.3, 0.4) is 0 Å². The van der Waals surface area contributed by atoms with Gasteiger partial charge in [-0.3, -0.25) is 0 Å². The molecule has 2 amide bonds. The van der Waals surface area contributed by atoms with Crippen LogP contribution in [0.2, 0.25) is 0 Å². The molecule has 2 aliphatic rings. The van der Waals surface area contributed by atoms with E-state index in [1.165, 1.54) is 23.1 Å². The number of likely N-dealkylation sites (tertiary alicyclic amines) is 1. The molecule has 2 aromatic rings. The number of hydrogen-bond donors (Lipinski definition) is 1. The number of urea groups is 1. The van der Waals surface area contributed by atoms with E-state index in [0.717, 1.165) is 0 Å². The third-order valence-electron chi connectivity index (χ3n) is 6.10. The summed E-state index contributed by atoms with van der Waals surface area (Å²) < 4.78 is 57.0. The fourth-order valence-corrected chi connectivity index (χ4v) is 5.91. The van der Waals surface area contributed by atoms with Gasteiger partial charge in [-0.25, -0.2) is 26.7 Å². The summed E-state index contributed by atoms with van der Waals surface area (Å²) in [4.78, 5) is 15.8. The Hall–Kier alpha value is -2.52. The van der Waals surface area contributed by atoms with Crippen molar-refractivity contribution in [1.29, 1.82) is 0 Å². The molecule has 32 heavy (non-hydrogen) atoms. The van der Waals surface area contributed by atoms with E-state index in [1.807, 2.05) is 0 Å². The fraction of sp³-hybridized carbons (Fsp3) is 0.435. The number of nitrogens with zero attached hydrogens (tertiary/aromatic N) is 2. The molecule has 4 rings (SSSR count). The van der Waals surface area contributed by atoms with Crippen LogP contribution in [0.5, 0.6) is 0 Å². The van der Waals surface area contributed by atoms with Crippen molar-refractivity contribution in [1.82, 2.24) is 14.5 Å². The molecule has 0 spiro atoms. The van der Waals surface area contributed by atoms with Gasteiger partial charge < -0.3 is 9.80 Å². The highest BCUT2D eigenvalue weighted by atomic mass is 32.2. The zero-order chi connectivity index (χ0) is 23.0. The van der Waals surface area contributed by atoms with Crippen LogP contribution < -0.4 is 4.72 Å². The maximum absolute atomic E-state index is 15.5. The molecule has 2 aromatic carbocycles. The third-order valence-corrected chi connectivity index (χ3v) is 8.08. The molecular weight excluding hydrogens is 436 g/mol. The van der Waals surface area contributed by atoms with Gasteiger partial charge in [-0.1, -0.05) is 30.3 Å². The molecule has 0 aromatic heterocycles. The molecule has 1 aliphatic heterocycles. The Morgan fingerprint density at radius 3 is 2.50 bits per heavy atom. The molecule has 9 heteroatoms. The number of amides is 2. The largest absolute Gasteiger partial charge is 0.331 e. The fourth-order valence-electron chi connectivity index (χ4n) is 4.27. The number of hydrogen-bond acceptors (Lipinski definition) is 3. The van der Waals surface area contributed by atoms with E-state index in [4.69, 9.17) is 0 Å². The van der Waals surface area contributed by atoms with Crippen molar-refractivity contribution < 1.29 is 22.0 Å². The van der Waals surface area contributed by atoms with E-state index in [-0.39, 0.29) is 23.3 Å². The van der Waals surface area contributed by atoms with E-state index in [0.29, 0.717) is 36.9 Å². The lowest BCUT2D eigenvalue weighted by Gasteiger charge is -2.31. The van der Waals surface area contributed by atoms with E-state index in [1.54, 1.807) is 43.3 Å². The number of benzene rings is 2. The third kappa shape index (κ3) is 4.63. The molecular formula is C23H27F2N3O3S. The standard InChI is InChI=1S/C23H27F2N3O3S/c1-27(2)23(29)28-12-11-20(26-32(30,31)18-9-10-18)21(28)14-16-6-4-8-19(22(16)25)15-5-3-7-17(24)13-15/h3-8,13,18,20-21,26H,9-12,14H2,1-2H3/t20-,21-/m0/s1. The monoisotopic (exact) mass is 463 g/mol. The first kappa shape index (κ1) is 22.7. The Kier molecular flexibility index (Phi) is 6.22. The minimum absolute atomic E-state index is 0.145. The van der Waals surface area contributed by atoms with Crippen molar-refractivity contribution in [2.75, 3.05) is 20.6 Å². The van der Waals surface area contributed by atoms with Crippen LogP contribution >= 0.6 is 0 Å². The molecule has 2 atom stereocenters. The normalized spacial score (nSPS) is 21.1. The Bertz CT molecular complexity index is 1120. The van der Waals surface area contributed by atoms with Gasteiger partial charge in [0, 0.05) is 32.2 Å². The molecule has 1 aliphatic carbocycles. The van der Waals surface area contributed by atoms with Crippen LogP contribution in [0.4, 0.5) is 13.6 Å². The van der Waals surface area contributed by atoms with Crippen LogP contribution in [0.25, 0.3) is 11.1 Å². The molecule has 1 saturated heterocycles. The quantitative estimate of drug-likeness (QED) is 0.714. The number of sulfonamides is 1. The highest BCUT2D eigenvalue weighted by Gasteiger charge is 2.43. The van der Waals surface area contributed by atoms with E-state index in [9.17, 15) is 17.6 Å². The summed E-state index contributed by atoms with van der Waals surface area (Å²) in [5, 5.41) is -0.380. The summed E-state index contributed by atoms with van der Waals surface area (Å²) in [6, 6.07) is 9.34. The smallest absolute Gasteiger partial charge is 0.319 e. The van der Waals surface area contributed by atoms with Crippen molar-refractivity contribution in [3.05, 3.63) is 59.7 Å². The maximum Gasteiger partial charge on any atom is 0.319 e. The lowest BCUT2D eigenvalue weighted by atomic mass is 9.96.